The van der Waals surface area contributed by atoms with Crippen molar-refractivity contribution in [1.82, 2.24) is 5.43 Å². The summed E-state index contributed by atoms with van der Waals surface area (Å²) in [5, 5.41) is 12.6. The van der Waals surface area contributed by atoms with Crippen LogP contribution in [0.5, 0.6) is 0 Å². The van der Waals surface area contributed by atoms with E-state index in [9.17, 15) is 9.59 Å². The molecular weight excluding hydrogens is 270 g/mol. The average molecular weight is 283 g/mol. The Kier molecular flexibility index (Phi) is 4.30. The lowest BCUT2D eigenvalue weighted by atomic mass is 10.1. The summed E-state index contributed by atoms with van der Waals surface area (Å²) in [6, 6.07) is 12.6. The summed E-state index contributed by atoms with van der Waals surface area (Å²) in [5.74, 6) is -1.34. The third-order valence-electron chi connectivity index (χ3n) is 2.71. The Morgan fingerprint density at radius 1 is 1.00 bits per heavy atom. The molecule has 6 nitrogen and oxygen atoms in total. The molecule has 0 fully saturated rings. The van der Waals surface area contributed by atoms with Crippen LogP contribution in [-0.4, -0.2) is 23.2 Å². The zero-order valence-corrected chi connectivity index (χ0v) is 11.0. The van der Waals surface area contributed by atoms with Crippen LogP contribution in [0.1, 0.15) is 26.3 Å². The first-order valence-electron chi connectivity index (χ1n) is 6.08. The molecule has 2 aromatic carbocycles. The second-order valence-electron chi connectivity index (χ2n) is 4.25. The van der Waals surface area contributed by atoms with E-state index < -0.39 is 5.97 Å². The largest absolute Gasteiger partial charge is 0.478 e. The van der Waals surface area contributed by atoms with Gasteiger partial charge in [-0.25, -0.2) is 10.2 Å². The lowest BCUT2D eigenvalue weighted by Gasteiger charge is -2.00. The van der Waals surface area contributed by atoms with Gasteiger partial charge in [-0.1, -0.05) is 12.1 Å². The van der Waals surface area contributed by atoms with Crippen LogP contribution in [0.2, 0.25) is 0 Å². The predicted molar refractivity (Wildman–Crippen MR) is 79.3 cm³/mol. The van der Waals surface area contributed by atoms with Gasteiger partial charge in [0.1, 0.15) is 0 Å². The standard InChI is InChI=1S/C15H13N3O3/c16-13-7-5-11(6-8-13)14(19)18-17-9-10-1-3-12(4-2-10)15(20)21/h1-9H,16H2,(H,18,19)(H,20,21)/b17-9-. The number of carboxylic acid groups (broad SMARTS) is 1. The Labute approximate surface area is 120 Å². The highest BCUT2D eigenvalue weighted by Crippen LogP contribution is 2.05. The number of nitrogens with one attached hydrogen (secondary N) is 1. The molecular formula is C15H13N3O3. The normalized spacial score (nSPS) is 10.5. The Hall–Kier alpha value is -3.15. The molecule has 0 unspecified atom stereocenters. The number of hydrazone groups is 1. The van der Waals surface area contributed by atoms with Crippen molar-refractivity contribution in [1.29, 1.82) is 0 Å². The summed E-state index contributed by atoms with van der Waals surface area (Å²) >= 11 is 0. The molecule has 4 N–H and O–H groups in total. The molecule has 0 bridgehead atoms. The number of carboxylic acids is 1. The van der Waals surface area contributed by atoms with E-state index >= 15 is 0 Å². The van der Waals surface area contributed by atoms with E-state index in [1.54, 1.807) is 36.4 Å². The quantitative estimate of drug-likeness (QED) is 0.451. The number of carbonyl (C=O) groups excluding carboxylic acids is 1. The first-order valence-corrected chi connectivity index (χ1v) is 6.08. The van der Waals surface area contributed by atoms with Gasteiger partial charge < -0.3 is 10.8 Å². The number of benzene rings is 2. The number of amides is 1. The maximum absolute atomic E-state index is 11.7. The van der Waals surface area contributed by atoms with Gasteiger partial charge in [-0.15, -0.1) is 0 Å². The first-order chi connectivity index (χ1) is 10.1. The fraction of sp³-hybridized carbons (Fsp3) is 0. The highest BCUT2D eigenvalue weighted by Gasteiger charge is 2.03. The van der Waals surface area contributed by atoms with Gasteiger partial charge in [0.15, 0.2) is 0 Å². The maximum Gasteiger partial charge on any atom is 0.335 e. The topological polar surface area (TPSA) is 105 Å². The SMILES string of the molecule is Nc1ccc(C(=O)N/N=C\c2ccc(C(=O)O)cc2)cc1. The smallest absolute Gasteiger partial charge is 0.335 e. The number of anilines is 1. The summed E-state index contributed by atoms with van der Waals surface area (Å²) in [4.78, 5) is 22.4. The van der Waals surface area contributed by atoms with Crippen LogP contribution in [0.4, 0.5) is 5.69 Å². The minimum Gasteiger partial charge on any atom is -0.478 e. The van der Waals surface area contributed by atoms with E-state index in [0.717, 1.165) is 0 Å². The van der Waals surface area contributed by atoms with E-state index in [4.69, 9.17) is 10.8 Å². The molecule has 0 aliphatic heterocycles. The van der Waals surface area contributed by atoms with Gasteiger partial charge in [0.2, 0.25) is 0 Å². The lowest BCUT2D eigenvalue weighted by molar-refractivity contribution is 0.0696. The van der Waals surface area contributed by atoms with Gasteiger partial charge in [-0.3, -0.25) is 4.79 Å². The highest BCUT2D eigenvalue weighted by atomic mass is 16.4. The molecule has 0 aliphatic rings. The van der Waals surface area contributed by atoms with E-state index in [1.165, 1.54) is 18.3 Å². The van der Waals surface area contributed by atoms with Crippen molar-refractivity contribution in [2.45, 2.75) is 0 Å². The van der Waals surface area contributed by atoms with Gasteiger partial charge in [0.25, 0.3) is 5.91 Å². The molecule has 0 aliphatic carbocycles. The minimum absolute atomic E-state index is 0.193. The third kappa shape index (κ3) is 3.90. The zero-order chi connectivity index (χ0) is 15.2. The number of carbonyl (C=O) groups is 2. The molecule has 6 heteroatoms. The van der Waals surface area contributed by atoms with Crippen LogP contribution in [0.15, 0.2) is 53.6 Å². The van der Waals surface area contributed by atoms with E-state index in [0.29, 0.717) is 16.8 Å². The second-order valence-corrected chi connectivity index (χ2v) is 4.25. The third-order valence-corrected chi connectivity index (χ3v) is 2.71. The van der Waals surface area contributed by atoms with Crippen LogP contribution in [-0.2, 0) is 0 Å². The summed E-state index contributed by atoms with van der Waals surface area (Å²) in [7, 11) is 0. The van der Waals surface area contributed by atoms with Crippen molar-refractivity contribution in [2.75, 3.05) is 5.73 Å². The highest BCUT2D eigenvalue weighted by molar-refractivity contribution is 5.95. The Balaban J connectivity index is 1.97. The number of rotatable bonds is 4. The number of aromatic carboxylic acids is 1. The van der Waals surface area contributed by atoms with Gasteiger partial charge in [-0.2, -0.15) is 5.10 Å². The Bertz CT molecular complexity index is 676. The monoisotopic (exact) mass is 283 g/mol. The number of hydrogen-bond donors (Lipinski definition) is 3. The van der Waals surface area contributed by atoms with Crippen molar-refractivity contribution < 1.29 is 14.7 Å². The Morgan fingerprint density at radius 2 is 1.57 bits per heavy atom. The second kappa shape index (κ2) is 6.33. The number of nitrogens with zero attached hydrogens (tertiary/aromatic N) is 1. The summed E-state index contributed by atoms with van der Waals surface area (Å²) in [6.45, 7) is 0. The molecule has 106 valence electrons. The molecule has 2 aromatic rings. The predicted octanol–water partition coefficient (Wildman–Crippen LogP) is 1.73. The van der Waals surface area contributed by atoms with Crippen LogP contribution >= 0.6 is 0 Å². The van der Waals surface area contributed by atoms with Gasteiger partial charge in [0.05, 0.1) is 11.8 Å². The van der Waals surface area contributed by atoms with E-state index in [1.807, 2.05) is 0 Å². The minimum atomic E-state index is -0.991. The molecule has 0 saturated carbocycles. The first kappa shape index (κ1) is 14.3. The molecule has 1 amide bonds. The van der Waals surface area contributed by atoms with E-state index in [-0.39, 0.29) is 11.5 Å². The van der Waals surface area contributed by atoms with Crippen LogP contribution in [0, 0.1) is 0 Å². The number of nitrogens with two attached hydrogens (primary N) is 1. The van der Waals surface area contributed by atoms with Crippen molar-refractivity contribution in [3.05, 3.63) is 65.2 Å². The van der Waals surface area contributed by atoms with Gasteiger partial charge >= 0.3 is 5.97 Å². The lowest BCUT2D eigenvalue weighted by Crippen LogP contribution is -2.17. The van der Waals surface area contributed by atoms with Crippen LogP contribution in [0.25, 0.3) is 0 Å². The molecule has 0 atom stereocenters. The molecule has 0 aromatic heterocycles. The van der Waals surface area contributed by atoms with Gasteiger partial charge in [0, 0.05) is 11.3 Å². The molecule has 0 radical (unpaired) electrons. The summed E-state index contributed by atoms with van der Waals surface area (Å²) in [5.41, 5.74) is 9.81. The molecule has 0 heterocycles. The fourth-order valence-electron chi connectivity index (χ4n) is 1.58. The number of hydrogen-bond acceptors (Lipinski definition) is 4. The van der Waals surface area contributed by atoms with E-state index in [2.05, 4.69) is 10.5 Å². The van der Waals surface area contributed by atoms with Crippen LogP contribution < -0.4 is 11.2 Å². The van der Waals surface area contributed by atoms with Crippen molar-refractivity contribution in [2.24, 2.45) is 5.10 Å². The molecule has 2 rings (SSSR count). The molecule has 0 spiro atoms. The summed E-state index contributed by atoms with van der Waals surface area (Å²) < 4.78 is 0. The van der Waals surface area contributed by atoms with Crippen molar-refractivity contribution in [3.8, 4) is 0 Å². The maximum atomic E-state index is 11.7. The Morgan fingerprint density at radius 3 is 2.14 bits per heavy atom. The average Bonchev–Trinajstić information content (AvgIpc) is 2.48. The molecule has 21 heavy (non-hydrogen) atoms. The zero-order valence-electron chi connectivity index (χ0n) is 11.0. The van der Waals surface area contributed by atoms with Gasteiger partial charge in [-0.05, 0) is 42.0 Å². The summed E-state index contributed by atoms with van der Waals surface area (Å²) in [6.07, 6.45) is 1.43. The fourth-order valence-corrected chi connectivity index (χ4v) is 1.58. The molecule has 0 saturated heterocycles. The van der Waals surface area contributed by atoms with Crippen LogP contribution in [0.3, 0.4) is 0 Å². The number of nitrogen functional groups attached to an aromatic ring is 1. The van der Waals surface area contributed by atoms with Crippen molar-refractivity contribution >= 4 is 23.8 Å². The van der Waals surface area contributed by atoms with Crippen molar-refractivity contribution in [3.63, 3.8) is 0 Å².